The van der Waals surface area contributed by atoms with Crippen molar-refractivity contribution in [3.8, 4) is 0 Å². The largest absolute Gasteiger partial charge is 0.469 e. The van der Waals surface area contributed by atoms with Crippen LogP contribution < -0.4 is 10.6 Å². The predicted molar refractivity (Wildman–Crippen MR) is 219 cm³/mol. The second-order valence-electron chi connectivity index (χ2n) is 16.6. The number of Topliss-reactive ketones (excluding diaryl/α,β-unsaturated/α-hetero) is 1. The van der Waals surface area contributed by atoms with Crippen LogP contribution in [0.15, 0.2) is 18.2 Å². The van der Waals surface area contributed by atoms with Crippen molar-refractivity contribution >= 4 is 45.6 Å². The van der Waals surface area contributed by atoms with Gasteiger partial charge in [-0.2, -0.15) is 0 Å². The van der Waals surface area contributed by atoms with E-state index in [-0.39, 0.29) is 60.3 Å². The number of nitrogens with one attached hydrogen (secondary N) is 4. The molecule has 2 amide bonds. The summed E-state index contributed by atoms with van der Waals surface area (Å²) >= 11 is 0. The molecule has 0 saturated carbocycles. The van der Waals surface area contributed by atoms with E-state index in [4.69, 9.17) is 14.7 Å². The summed E-state index contributed by atoms with van der Waals surface area (Å²) in [6.45, 7) is 12.1. The van der Waals surface area contributed by atoms with Gasteiger partial charge in [0.25, 0.3) is 5.91 Å². The fourth-order valence-electron chi connectivity index (χ4n) is 8.12. The molecule has 0 fully saturated rings. The van der Waals surface area contributed by atoms with Crippen LogP contribution in [0.1, 0.15) is 131 Å². The first kappa shape index (κ1) is 43.2. The highest BCUT2D eigenvalue weighted by Gasteiger charge is 2.34. The number of ether oxygens (including phenoxy) is 1. The summed E-state index contributed by atoms with van der Waals surface area (Å²) in [5.74, 6) is -1.77. The highest BCUT2D eigenvalue weighted by atomic mass is 16.5. The number of ketones is 1. The Morgan fingerprint density at radius 3 is 2.14 bits per heavy atom. The smallest absolute Gasteiger partial charge is 0.310 e. The normalized spacial score (nSPS) is 18.6. The fourth-order valence-corrected chi connectivity index (χ4v) is 8.12. The van der Waals surface area contributed by atoms with Crippen molar-refractivity contribution in [2.45, 2.75) is 97.0 Å². The van der Waals surface area contributed by atoms with E-state index in [2.05, 4.69) is 55.6 Å². The zero-order valence-electron chi connectivity index (χ0n) is 35.1. The number of esters is 1. The second-order valence-corrected chi connectivity index (χ2v) is 16.6. The van der Waals surface area contributed by atoms with Crippen molar-refractivity contribution in [2.75, 3.05) is 54.5 Å². The molecule has 5 rings (SSSR count). The summed E-state index contributed by atoms with van der Waals surface area (Å²) in [6, 6.07) is 5.83. The molecule has 2 aliphatic heterocycles. The maximum Gasteiger partial charge on any atom is 0.310 e. The first-order valence-corrected chi connectivity index (χ1v) is 19.9. The highest BCUT2D eigenvalue weighted by molar-refractivity contribution is 6.06. The van der Waals surface area contributed by atoms with E-state index in [1.807, 2.05) is 39.0 Å². The van der Waals surface area contributed by atoms with Gasteiger partial charge >= 0.3 is 5.97 Å². The molecule has 1 unspecified atom stereocenters. The first-order chi connectivity index (χ1) is 26.9. The maximum atomic E-state index is 14.2. The average Bonchev–Trinajstić information content (AvgIpc) is 3.84. The number of nitrogens with zero attached hydrogens (tertiary/aromatic N) is 3. The molecule has 5 atom stereocenters. The summed E-state index contributed by atoms with van der Waals surface area (Å²) in [4.78, 5) is 71.2. The summed E-state index contributed by atoms with van der Waals surface area (Å²) < 4.78 is 5.92. The molecule has 2 aliphatic rings. The average molecular weight is 787 g/mol. The van der Waals surface area contributed by atoms with Gasteiger partial charge in [0.05, 0.1) is 82.8 Å². The number of aromatic amines is 2. The lowest BCUT2D eigenvalue weighted by Crippen LogP contribution is -2.41. The number of hydrogen-bond acceptors (Lipinski definition) is 9. The summed E-state index contributed by atoms with van der Waals surface area (Å²) in [6.07, 6.45) is -0.0291. The number of aliphatic hydroxyl groups excluding tert-OH is 2. The number of fused-ring (bicyclic) bond motifs is 8. The van der Waals surface area contributed by atoms with Gasteiger partial charge in [0.1, 0.15) is 0 Å². The van der Waals surface area contributed by atoms with Crippen LogP contribution in [0.25, 0.3) is 22.1 Å². The molecule has 0 aliphatic carbocycles. The van der Waals surface area contributed by atoms with Crippen LogP contribution in [0.3, 0.4) is 0 Å². The van der Waals surface area contributed by atoms with Crippen molar-refractivity contribution in [3.63, 3.8) is 0 Å². The van der Waals surface area contributed by atoms with Crippen LogP contribution in [0, 0.1) is 13.8 Å². The molecule has 5 heterocycles. The van der Waals surface area contributed by atoms with Crippen molar-refractivity contribution in [1.29, 1.82) is 0 Å². The van der Waals surface area contributed by atoms with Crippen molar-refractivity contribution in [1.82, 2.24) is 30.6 Å². The Balaban J connectivity index is 1.88. The molecule has 6 N–H and O–H groups in total. The van der Waals surface area contributed by atoms with E-state index < -0.39 is 24.6 Å². The molecule has 308 valence electrons. The molecular weight excluding hydrogens is 727 g/mol. The molecule has 8 bridgehead atoms. The number of amides is 2. The number of carbonyl (C=O) groups is 4. The Bertz CT molecular complexity index is 2200. The lowest BCUT2D eigenvalue weighted by molar-refractivity contribution is -0.869. The number of likely N-dealkylation sites (N-methyl/N-ethyl adjacent to an activating group) is 1. The third-order valence-electron chi connectivity index (χ3n) is 11.5. The van der Waals surface area contributed by atoms with E-state index in [1.54, 1.807) is 6.92 Å². The third-order valence-corrected chi connectivity index (χ3v) is 11.5. The topological polar surface area (TPSA) is 199 Å². The third kappa shape index (κ3) is 9.45. The number of hydrogen-bond donors (Lipinski definition) is 6. The van der Waals surface area contributed by atoms with Gasteiger partial charge in [0, 0.05) is 75.9 Å². The highest BCUT2D eigenvalue weighted by Crippen LogP contribution is 2.43. The Hall–Kier alpha value is -4.92. The molecule has 57 heavy (non-hydrogen) atoms. The molecule has 0 radical (unpaired) electrons. The van der Waals surface area contributed by atoms with Crippen LogP contribution in [-0.2, 0) is 20.7 Å². The molecule has 14 nitrogen and oxygen atoms in total. The SMILES string of the molecule is CC[C@H]1c2cc3[nH]c(c(CC(=O)OC)c4nc(cc5[nH]c(cc(n2)[C@@H]1C)c(C(C)=O)c5C)[C@@H](C)[C@@H]4CCC(=O)NCC[N+](C)(C)C)c(C(=O)NCC(O)CO)c3C. The number of H-pyrrole nitrogens is 2. The Kier molecular flexibility index (Phi) is 13.4. The van der Waals surface area contributed by atoms with Gasteiger partial charge < -0.3 is 40.0 Å². The van der Waals surface area contributed by atoms with Gasteiger partial charge in [-0.1, -0.05) is 20.8 Å². The van der Waals surface area contributed by atoms with E-state index in [0.717, 1.165) is 29.9 Å². The number of methoxy groups -OCH3 is 1. The van der Waals surface area contributed by atoms with E-state index in [0.29, 0.717) is 67.6 Å². The molecule has 3 aromatic rings. The lowest BCUT2D eigenvalue weighted by atomic mass is 9.85. The zero-order chi connectivity index (χ0) is 41.9. The van der Waals surface area contributed by atoms with Gasteiger partial charge in [-0.05, 0) is 62.9 Å². The van der Waals surface area contributed by atoms with Crippen LogP contribution in [0.4, 0.5) is 0 Å². The van der Waals surface area contributed by atoms with Crippen LogP contribution >= 0.6 is 0 Å². The molecule has 0 aromatic carbocycles. The first-order valence-electron chi connectivity index (χ1n) is 19.9. The number of aliphatic hydroxyl groups is 2. The lowest BCUT2D eigenvalue weighted by Gasteiger charge is -2.24. The predicted octanol–water partition coefficient (Wildman–Crippen LogP) is 4.72. The summed E-state index contributed by atoms with van der Waals surface area (Å²) in [5.41, 5.74) is 7.83. The molecule has 3 aromatic heterocycles. The van der Waals surface area contributed by atoms with E-state index in [9.17, 15) is 29.4 Å². The second kappa shape index (κ2) is 17.7. The molecule has 0 spiro atoms. The standard InChI is InChI=1S/C43H59N7O7/c1-11-28-22(2)31-19-36-39(26(6)52)24(4)33(47-36)17-32-23(3)29(12-13-37(54)44-14-15-50(7,8)9)41(48-32)30(16-38(55)57-10)42-40(43(56)45-20-27(53)21-51)25(5)34(49-42)18-35(28)46-31/h17-19,22-23,27-29,51,53H,11-16,20-21H2,1-10H3,(H3-,44,45,46,47,48,49,52,54,56)/p+1/t22-,23+,27?,28-,29+/m1/s1. The Labute approximate surface area is 334 Å². The number of rotatable bonds is 14. The maximum absolute atomic E-state index is 14.2. The summed E-state index contributed by atoms with van der Waals surface area (Å²) in [7, 11) is 7.49. The molecule has 14 heteroatoms. The molecule has 0 saturated heterocycles. The van der Waals surface area contributed by atoms with Gasteiger partial charge in [0.15, 0.2) is 5.78 Å². The van der Waals surface area contributed by atoms with Crippen molar-refractivity contribution < 1.29 is 38.6 Å². The molecular formula is C43H60N7O7+. The number of aromatic nitrogens is 4. The zero-order valence-corrected chi connectivity index (χ0v) is 35.1. The monoisotopic (exact) mass is 786 g/mol. The number of carbonyl (C=O) groups excluding carboxylic acids is 4. The number of aryl methyl sites for hydroxylation is 2. The van der Waals surface area contributed by atoms with Gasteiger partial charge in [-0.3, -0.25) is 29.1 Å². The van der Waals surface area contributed by atoms with E-state index >= 15 is 0 Å². The van der Waals surface area contributed by atoms with Crippen LogP contribution in [0.2, 0.25) is 0 Å². The minimum Gasteiger partial charge on any atom is -0.469 e. The fraction of sp³-hybridized carbons (Fsp3) is 0.535. The summed E-state index contributed by atoms with van der Waals surface area (Å²) in [5, 5.41) is 25.4. The van der Waals surface area contributed by atoms with Crippen molar-refractivity contribution in [3.05, 3.63) is 68.8 Å². The van der Waals surface area contributed by atoms with Crippen LogP contribution in [0.5, 0.6) is 0 Å². The Morgan fingerprint density at radius 1 is 0.895 bits per heavy atom. The minimum absolute atomic E-state index is 0.0214. The number of quaternary nitrogens is 1. The van der Waals surface area contributed by atoms with Gasteiger partial charge in [0.2, 0.25) is 5.91 Å². The minimum atomic E-state index is -1.17. The van der Waals surface area contributed by atoms with Crippen molar-refractivity contribution in [2.24, 2.45) is 0 Å². The Morgan fingerprint density at radius 2 is 1.51 bits per heavy atom. The van der Waals surface area contributed by atoms with Gasteiger partial charge in [-0.15, -0.1) is 0 Å². The quantitative estimate of drug-likeness (QED) is 0.0761. The van der Waals surface area contributed by atoms with E-state index in [1.165, 1.54) is 7.11 Å². The van der Waals surface area contributed by atoms with Gasteiger partial charge in [-0.25, -0.2) is 0 Å². The van der Waals surface area contributed by atoms with Crippen LogP contribution in [-0.4, -0.2) is 119 Å².